The number of amides is 1. The van der Waals surface area contributed by atoms with Crippen molar-refractivity contribution in [1.82, 2.24) is 5.32 Å². The lowest BCUT2D eigenvalue weighted by Crippen LogP contribution is -2.28. The predicted octanol–water partition coefficient (Wildman–Crippen LogP) is 13.0. The maximum Gasteiger partial charge on any atom is 0.322 e. The predicted molar refractivity (Wildman–Crippen MR) is 208 cm³/mol. The third-order valence-electron chi connectivity index (χ3n) is 9.67. The number of carboxylic acids is 1. The van der Waals surface area contributed by atoms with E-state index in [0.717, 1.165) is 57.8 Å². The maximum atomic E-state index is 12.6. The smallest absolute Gasteiger partial charge is 0.322 e. The summed E-state index contributed by atoms with van der Waals surface area (Å²) in [5, 5.41) is 11.0. The molecule has 49 heavy (non-hydrogen) atoms. The number of allylic oxidation sites excluding steroid dienone is 1. The fraction of sp³-hybridized carbons (Fsp3) is 0.884. The van der Waals surface area contributed by atoms with Gasteiger partial charge in [-0.15, -0.1) is 0 Å². The quantitative estimate of drug-likeness (QED) is 0.0380. The zero-order valence-corrected chi connectivity index (χ0v) is 32.6. The molecule has 1 amide bonds. The van der Waals surface area contributed by atoms with Crippen molar-refractivity contribution in [3.05, 3.63) is 12.2 Å². The van der Waals surface area contributed by atoms with E-state index in [1.807, 2.05) is 0 Å². The zero-order chi connectivity index (χ0) is 35.9. The highest BCUT2D eigenvalue weighted by Crippen LogP contribution is 2.17. The highest BCUT2D eigenvalue weighted by atomic mass is 16.5. The Bertz CT molecular complexity index is 767. The van der Waals surface area contributed by atoms with Gasteiger partial charge in [-0.25, -0.2) is 0 Å². The van der Waals surface area contributed by atoms with Crippen molar-refractivity contribution in [2.75, 3.05) is 6.54 Å². The minimum atomic E-state index is -1.03. The Hall–Kier alpha value is -1.85. The van der Waals surface area contributed by atoms with Crippen molar-refractivity contribution in [2.45, 2.75) is 238 Å². The average molecular weight is 692 g/mol. The molecule has 0 aliphatic rings. The second-order valence-electron chi connectivity index (χ2n) is 14.6. The van der Waals surface area contributed by atoms with Gasteiger partial charge in [0.15, 0.2) is 0 Å². The molecule has 0 rings (SSSR count). The van der Waals surface area contributed by atoms with E-state index in [0.29, 0.717) is 12.8 Å². The molecule has 288 valence electrons. The van der Waals surface area contributed by atoms with Crippen LogP contribution in [0.25, 0.3) is 0 Å². The van der Waals surface area contributed by atoms with E-state index < -0.39 is 5.97 Å². The third-order valence-corrected chi connectivity index (χ3v) is 9.67. The molecule has 0 aliphatic heterocycles. The Kier molecular flexibility index (Phi) is 37.5. The Morgan fingerprint density at radius 1 is 0.531 bits per heavy atom. The molecule has 0 aromatic rings. The van der Waals surface area contributed by atoms with Crippen molar-refractivity contribution in [3.8, 4) is 0 Å². The lowest BCUT2D eigenvalue weighted by atomic mass is 10.0. The summed E-state index contributed by atoms with van der Waals surface area (Å²) in [7, 11) is 0. The summed E-state index contributed by atoms with van der Waals surface area (Å²) >= 11 is 0. The summed E-state index contributed by atoms with van der Waals surface area (Å²) in [6, 6.07) is 0. The van der Waals surface area contributed by atoms with Crippen molar-refractivity contribution in [1.29, 1.82) is 0 Å². The molecule has 1 unspecified atom stereocenters. The molecule has 0 fully saturated rings. The second kappa shape index (κ2) is 38.9. The van der Waals surface area contributed by atoms with E-state index >= 15 is 0 Å². The van der Waals surface area contributed by atoms with Crippen LogP contribution in [0.15, 0.2) is 12.2 Å². The van der Waals surface area contributed by atoms with Crippen LogP contribution in [0, 0.1) is 0 Å². The van der Waals surface area contributed by atoms with Gasteiger partial charge in [-0.1, -0.05) is 187 Å². The van der Waals surface area contributed by atoms with Gasteiger partial charge in [-0.05, 0) is 44.6 Å². The van der Waals surface area contributed by atoms with Crippen LogP contribution in [-0.2, 0) is 19.1 Å². The Labute approximate surface area is 303 Å². The molecule has 0 saturated carbocycles. The van der Waals surface area contributed by atoms with Crippen LogP contribution in [0.4, 0.5) is 0 Å². The first-order valence-electron chi connectivity index (χ1n) is 21.3. The largest absolute Gasteiger partial charge is 0.480 e. The topological polar surface area (TPSA) is 92.7 Å². The van der Waals surface area contributed by atoms with Gasteiger partial charge in [-0.3, -0.25) is 14.4 Å². The van der Waals surface area contributed by atoms with Crippen LogP contribution in [0.3, 0.4) is 0 Å². The van der Waals surface area contributed by atoms with E-state index in [1.165, 1.54) is 148 Å². The number of rotatable bonds is 39. The summed E-state index contributed by atoms with van der Waals surface area (Å²) in [6.07, 6.45) is 45.3. The molecular formula is C43H81NO5. The zero-order valence-electron chi connectivity index (χ0n) is 32.6. The minimum Gasteiger partial charge on any atom is -0.480 e. The van der Waals surface area contributed by atoms with Gasteiger partial charge >= 0.3 is 11.9 Å². The lowest BCUT2D eigenvalue weighted by molar-refractivity contribution is -0.147. The van der Waals surface area contributed by atoms with Gasteiger partial charge < -0.3 is 15.2 Å². The number of hydrogen-bond donors (Lipinski definition) is 2. The Morgan fingerprint density at radius 3 is 1.37 bits per heavy atom. The number of carboxylic acid groups (broad SMARTS) is 1. The van der Waals surface area contributed by atoms with Crippen molar-refractivity contribution in [3.63, 3.8) is 0 Å². The molecule has 2 N–H and O–H groups in total. The Balaban J connectivity index is 3.75. The third kappa shape index (κ3) is 38.8. The Morgan fingerprint density at radius 2 is 0.918 bits per heavy atom. The normalized spacial score (nSPS) is 12.0. The van der Waals surface area contributed by atoms with Crippen LogP contribution >= 0.6 is 0 Å². The van der Waals surface area contributed by atoms with E-state index in [-0.39, 0.29) is 24.5 Å². The van der Waals surface area contributed by atoms with Gasteiger partial charge in [0.05, 0.1) is 0 Å². The number of hydrogen-bond acceptors (Lipinski definition) is 4. The van der Waals surface area contributed by atoms with Crippen LogP contribution in [0.5, 0.6) is 0 Å². The van der Waals surface area contributed by atoms with Gasteiger partial charge in [0.2, 0.25) is 5.91 Å². The molecule has 6 heteroatoms. The van der Waals surface area contributed by atoms with Gasteiger partial charge in [0.1, 0.15) is 12.6 Å². The van der Waals surface area contributed by atoms with Gasteiger partial charge in [-0.2, -0.15) is 0 Å². The molecule has 0 radical (unpaired) electrons. The molecule has 1 atom stereocenters. The molecule has 0 saturated heterocycles. The van der Waals surface area contributed by atoms with E-state index in [2.05, 4.69) is 31.3 Å². The molecule has 0 aromatic carbocycles. The fourth-order valence-corrected chi connectivity index (χ4v) is 6.48. The van der Waals surface area contributed by atoms with Crippen molar-refractivity contribution >= 4 is 17.8 Å². The number of unbranched alkanes of at least 4 members (excludes halogenated alkanes) is 28. The second-order valence-corrected chi connectivity index (χ2v) is 14.6. The van der Waals surface area contributed by atoms with E-state index in [4.69, 9.17) is 9.84 Å². The summed E-state index contributed by atoms with van der Waals surface area (Å²) in [4.78, 5) is 34.8. The number of carbonyl (C=O) groups excluding carboxylic acids is 2. The monoisotopic (exact) mass is 692 g/mol. The van der Waals surface area contributed by atoms with Crippen LogP contribution in [0.2, 0.25) is 0 Å². The number of ether oxygens (including phenoxy) is 1. The fourth-order valence-electron chi connectivity index (χ4n) is 6.48. The van der Waals surface area contributed by atoms with Crippen LogP contribution in [0.1, 0.15) is 232 Å². The lowest BCUT2D eigenvalue weighted by Gasteiger charge is -2.15. The summed E-state index contributed by atoms with van der Waals surface area (Å²) in [5.41, 5.74) is 0. The first-order chi connectivity index (χ1) is 24.0. The number of nitrogens with one attached hydrogen (secondary N) is 1. The van der Waals surface area contributed by atoms with Crippen LogP contribution in [-0.4, -0.2) is 35.6 Å². The standard InChI is InChI=1S/C43H81NO5/c1-3-5-7-9-10-11-12-13-14-15-16-17-18-19-20-21-22-23-24-25-26-28-34-38-43(48)49-40(35-31-27-8-6-4-2)36-32-29-30-33-37-41(45)44-39-42(46)47/h31,35,40H,3-30,32-34,36-39H2,1-2H3,(H,44,45)(H,46,47)/b35-31-. The summed E-state index contributed by atoms with van der Waals surface area (Å²) in [6.45, 7) is 4.17. The molecule has 0 aromatic heterocycles. The van der Waals surface area contributed by atoms with Crippen molar-refractivity contribution in [2.24, 2.45) is 0 Å². The van der Waals surface area contributed by atoms with Crippen LogP contribution < -0.4 is 5.32 Å². The highest BCUT2D eigenvalue weighted by molar-refractivity contribution is 5.80. The number of esters is 1. The average Bonchev–Trinajstić information content (AvgIpc) is 3.08. The van der Waals surface area contributed by atoms with E-state index in [1.54, 1.807) is 0 Å². The highest BCUT2D eigenvalue weighted by Gasteiger charge is 2.12. The molecule has 0 aliphatic carbocycles. The van der Waals surface area contributed by atoms with Gasteiger partial charge in [0, 0.05) is 12.8 Å². The first kappa shape index (κ1) is 47.1. The molecule has 0 spiro atoms. The SMILES string of the molecule is CCCCC/C=C\C(CCCCCCC(=O)NCC(=O)O)OC(=O)CCCCCCCCCCCCCCCCCCCCCCCCC. The van der Waals surface area contributed by atoms with E-state index in [9.17, 15) is 14.4 Å². The number of carbonyl (C=O) groups is 3. The summed E-state index contributed by atoms with van der Waals surface area (Å²) in [5.74, 6) is -1.32. The molecular weight excluding hydrogens is 610 g/mol. The minimum absolute atomic E-state index is 0.0817. The maximum absolute atomic E-state index is 12.6. The summed E-state index contributed by atoms with van der Waals surface area (Å²) < 4.78 is 5.86. The number of aliphatic carboxylic acids is 1. The first-order valence-corrected chi connectivity index (χ1v) is 21.3. The molecule has 0 heterocycles. The molecule has 0 bridgehead atoms. The molecule has 6 nitrogen and oxygen atoms in total. The van der Waals surface area contributed by atoms with Gasteiger partial charge in [0.25, 0.3) is 0 Å². The van der Waals surface area contributed by atoms with Crippen molar-refractivity contribution < 1.29 is 24.2 Å².